The Kier molecular flexibility index (Phi) is 3.27. The number of aliphatic hydroxyl groups is 1. The van der Waals surface area contributed by atoms with Crippen LogP contribution in [0, 0.1) is 12.3 Å². The molecule has 0 fully saturated rings. The Labute approximate surface area is 82.8 Å². The first-order valence-electron chi connectivity index (χ1n) is 4.15. The van der Waals surface area contributed by atoms with Crippen molar-refractivity contribution in [3.8, 4) is 12.3 Å². The summed E-state index contributed by atoms with van der Waals surface area (Å²) in [7, 11) is 0. The van der Waals surface area contributed by atoms with Crippen molar-refractivity contribution >= 4 is 11.6 Å². The van der Waals surface area contributed by atoms with Crippen LogP contribution >= 0.6 is 0 Å². The predicted molar refractivity (Wildman–Crippen MR) is 54.5 cm³/mol. The molecule has 14 heavy (non-hydrogen) atoms. The number of rotatable bonds is 2. The zero-order chi connectivity index (χ0) is 10.6. The topological polar surface area (TPSA) is 49.3 Å². The molecule has 72 valence electrons. The summed E-state index contributed by atoms with van der Waals surface area (Å²) in [6.45, 7) is 1.43. The first-order chi connectivity index (χ1) is 6.63. The average Bonchev–Trinajstić information content (AvgIpc) is 2.17. The number of nitrogens with one attached hydrogen (secondary N) is 1. The lowest BCUT2D eigenvalue weighted by Crippen LogP contribution is -2.05. The Morgan fingerprint density at radius 3 is 2.50 bits per heavy atom. The maximum absolute atomic E-state index is 10.7. The highest BCUT2D eigenvalue weighted by Gasteiger charge is 2.02. The second-order valence-electron chi connectivity index (χ2n) is 2.87. The van der Waals surface area contributed by atoms with Crippen molar-refractivity contribution in [2.45, 2.75) is 13.0 Å². The lowest BCUT2D eigenvalue weighted by atomic mass is 10.1. The van der Waals surface area contributed by atoms with Gasteiger partial charge in [0.1, 0.15) is 6.10 Å². The minimum atomic E-state index is -0.888. The Bertz CT molecular complexity index is 362. The molecular weight excluding hydrogens is 178 g/mol. The van der Waals surface area contributed by atoms with Crippen molar-refractivity contribution in [1.82, 2.24) is 0 Å². The first-order valence-corrected chi connectivity index (χ1v) is 4.15. The zero-order valence-electron chi connectivity index (χ0n) is 7.82. The SMILES string of the molecule is C#C[C@H](O)c1ccc(NC(C)=O)cc1. The number of carbonyl (C=O) groups excluding carboxylic acids is 1. The fraction of sp³-hybridized carbons (Fsp3) is 0.182. The third-order valence-corrected chi connectivity index (χ3v) is 1.70. The van der Waals surface area contributed by atoms with Crippen LogP contribution in [0.4, 0.5) is 5.69 Å². The van der Waals surface area contributed by atoms with Gasteiger partial charge in [0.05, 0.1) is 0 Å². The summed E-state index contributed by atoms with van der Waals surface area (Å²) in [5.74, 6) is 2.08. The van der Waals surface area contributed by atoms with Gasteiger partial charge in [-0.2, -0.15) is 0 Å². The van der Waals surface area contributed by atoms with E-state index in [0.717, 1.165) is 0 Å². The van der Waals surface area contributed by atoms with E-state index in [1.807, 2.05) is 0 Å². The molecule has 2 N–H and O–H groups in total. The number of aliphatic hydroxyl groups excluding tert-OH is 1. The van der Waals surface area contributed by atoms with Crippen LogP contribution in [0.5, 0.6) is 0 Å². The van der Waals surface area contributed by atoms with Gasteiger partial charge in [-0.1, -0.05) is 18.1 Å². The van der Waals surface area contributed by atoms with E-state index in [9.17, 15) is 9.90 Å². The number of anilines is 1. The van der Waals surface area contributed by atoms with Crippen molar-refractivity contribution in [3.05, 3.63) is 29.8 Å². The third kappa shape index (κ3) is 2.61. The average molecular weight is 189 g/mol. The number of hydrogen-bond acceptors (Lipinski definition) is 2. The lowest BCUT2D eigenvalue weighted by Gasteiger charge is -2.05. The summed E-state index contributed by atoms with van der Waals surface area (Å²) in [5, 5.41) is 11.9. The van der Waals surface area contributed by atoms with Crippen LogP contribution in [0.2, 0.25) is 0 Å². The van der Waals surface area contributed by atoms with Crippen molar-refractivity contribution in [2.75, 3.05) is 5.32 Å². The molecule has 0 radical (unpaired) electrons. The van der Waals surface area contributed by atoms with E-state index in [-0.39, 0.29) is 5.91 Å². The molecule has 0 heterocycles. The van der Waals surface area contributed by atoms with Gasteiger partial charge >= 0.3 is 0 Å². The molecule has 0 bridgehead atoms. The van der Waals surface area contributed by atoms with E-state index in [1.165, 1.54) is 6.92 Å². The van der Waals surface area contributed by atoms with Crippen LogP contribution in [0.25, 0.3) is 0 Å². The molecule has 0 aromatic heterocycles. The van der Waals surface area contributed by atoms with Gasteiger partial charge in [0.15, 0.2) is 0 Å². The Morgan fingerprint density at radius 1 is 1.50 bits per heavy atom. The quantitative estimate of drug-likeness (QED) is 0.689. The summed E-state index contributed by atoms with van der Waals surface area (Å²) in [6, 6.07) is 6.74. The van der Waals surface area contributed by atoms with Crippen molar-refractivity contribution < 1.29 is 9.90 Å². The molecule has 1 rings (SSSR count). The molecule has 1 aromatic carbocycles. The summed E-state index contributed by atoms with van der Waals surface area (Å²) in [5.41, 5.74) is 1.33. The molecule has 1 atom stereocenters. The molecule has 3 heteroatoms. The lowest BCUT2D eigenvalue weighted by molar-refractivity contribution is -0.114. The fourth-order valence-corrected chi connectivity index (χ4v) is 1.05. The number of hydrogen-bond donors (Lipinski definition) is 2. The van der Waals surface area contributed by atoms with Gasteiger partial charge in [0, 0.05) is 12.6 Å². The third-order valence-electron chi connectivity index (χ3n) is 1.70. The summed E-state index contributed by atoms with van der Waals surface area (Å²) in [6.07, 6.45) is 4.17. The summed E-state index contributed by atoms with van der Waals surface area (Å²) < 4.78 is 0. The smallest absolute Gasteiger partial charge is 0.221 e. The minimum Gasteiger partial charge on any atom is -0.376 e. The van der Waals surface area contributed by atoms with Gasteiger partial charge in [-0.15, -0.1) is 6.42 Å². The first kappa shape index (κ1) is 10.3. The maximum Gasteiger partial charge on any atom is 0.221 e. The number of amides is 1. The van der Waals surface area contributed by atoms with Crippen molar-refractivity contribution in [3.63, 3.8) is 0 Å². The van der Waals surface area contributed by atoms with Gasteiger partial charge in [0.25, 0.3) is 0 Å². The van der Waals surface area contributed by atoms with Gasteiger partial charge in [-0.05, 0) is 17.7 Å². The van der Waals surface area contributed by atoms with Gasteiger partial charge in [-0.25, -0.2) is 0 Å². The van der Waals surface area contributed by atoms with E-state index in [4.69, 9.17) is 6.42 Å². The molecule has 0 aliphatic carbocycles. The Balaban J connectivity index is 2.79. The van der Waals surface area contributed by atoms with Gasteiger partial charge in [0.2, 0.25) is 5.91 Å². The summed E-state index contributed by atoms with van der Waals surface area (Å²) in [4.78, 5) is 10.7. The number of benzene rings is 1. The monoisotopic (exact) mass is 189 g/mol. The summed E-state index contributed by atoms with van der Waals surface area (Å²) >= 11 is 0. The molecule has 1 aromatic rings. The predicted octanol–water partition coefficient (Wildman–Crippen LogP) is 1.31. The van der Waals surface area contributed by atoms with Crippen molar-refractivity contribution in [2.24, 2.45) is 0 Å². The van der Waals surface area contributed by atoms with Gasteiger partial charge < -0.3 is 10.4 Å². The van der Waals surface area contributed by atoms with Crippen LogP contribution in [0.1, 0.15) is 18.6 Å². The van der Waals surface area contributed by atoms with Crippen LogP contribution in [0.15, 0.2) is 24.3 Å². The van der Waals surface area contributed by atoms with E-state index in [1.54, 1.807) is 24.3 Å². The molecule has 0 saturated heterocycles. The normalized spacial score (nSPS) is 11.5. The molecule has 1 amide bonds. The second kappa shape index (κ2) is 4.45. The Hall–Kier alpha value is -1.79. The molecule has 3 nitrogen and oxygen atoms in total. The standard InChI is InChI=1S/C11H11NO2/c1-3-11(14)9-4-6-10(7-5-9)12-8(2)13/h1,4-7,11,14H,2H3,(H,12,13)/t11-/m0/s1. The molecule has 0 spiro atoms. The minimum absolute atomic E-state index is 0.129. The molecule has 0 unspecified atom stereocenters. The molecule has 0 aliphatic heterocycles. The van der Waals surface area contributed by atoms with Crippen LogP contribution in [0.3, 0.4) is 0 Å². The van der Waals surface area contributed by atoms with Crippen molar-refractivity contribution in [1.29, 1.82) is 0 Å². The van der Waals surface area contributed by atoms with E-state index in [2.05, 4.69) is 11.2 Å². The van der Waals surface area contributed by atoms with Crippen LogP contribution in [-0.4, -0.2) is 11.0 Å². The van der Waals surface area contributed by atoms with E-state index >= 15 is 0 Å². The highest BCUT2D eigenvalue weighted by atomic mass is 16.3. The molecule has 0 aliphatic rings. The highest BCUT2D eigenvalue weighted by Crippen LogP contribution is 2.15. The van der Waals surface area contributed by atoms with Gasteiger partial charge in [-0.3, -0.25) is 4.79 Å². The van der Waals surface area contributed by atoms with Crippen LogP contribution < -0.4 is 5.32 Å². The van der Waals surface area contributed by atoms with E-state index in [0.29, 0.717) is 11.3 Å². The largest absolute Gasteiger partial charge is 0.376 e. The maximum atomic E-state index is 10.7. The molecular formula is C11H11NO2. The number of carbonyl (C=O) groups is 1. The Morgan fingerprint density at radius 2 is 2.07 bits per heavy atom. The van der Waals surface area contributed by atoms with E-state index < -0.39 is 6.10 Å². The molecule has 0 saturated carbocycles. The fourth-order valence-electron chi connectivity index (χ4n) is 1.05. The zero-order valence-corrected chi connectivity index (χ0v) is 7.82. The van der Waals surface area contributed by atoms with Crippen LogP contribution in [-0.2, 0) is 4.79 Å². The highest BCUT2D eigenvalue weighted by molar-refractivity contribution is 5.88. The second-order valence-corrected chi connectivity index (χ2v) is 2.87. The number of terminal acetylenes is 1.